The van der Waals surface area contributed by atoms with E-state index in [1.54, 1.807) is 0 Å². The molecule has 0 unspecified atom stereocenters. The minimum atomic E-state index is -5.04. The Morgan fingerprint density at radius 3 is 1.78 bits per heavy atom. The fourth-order valence-corrected chi connectivity index (χ4v) is 7.94. The molecule has 0 saturated carbocycles. The second-order valence-corrected chi connectivity index (χ2v) is 11.8. The Labute approximate surface area is 161 Å². The van der Waals surface area contributed by atoms with E-state index in [9.17, 15) is 12.9 Å². The van der Waals surface area contributed by atoms with E-state index in [1.807, 2.05) is 36.4 Å². The molecule has 0 amide bonds. The molecule has 6 heteroatoms. The van der Waals surface area contributed by atoms with Crippen LogP contribution in [-0.4, -0.2) is 21.9 Å². The Balaban J connectivity index is 2.31. The normalized spacial score (nSPS) is 12.4. The highest BCUT2D eigenvalue weighted by Gasteiger charge is 2.49. The molecule has 144 valence electrons. The monoisotopic (exact) mass is 389 g/mol. The quantitative estimate of drug-likeness (QED) is 0.394. The molecular weight excluding hydrogens is 364 g/mol. The number of rotatable bonds is 6. The van der Waals surface area contributed by atoms with E-state index in [4.69, 9.17) is 4.43 Å². The molecule has 0 fully saturated rings. The largest absolute Gasteiger partial charge is 0.557 e. The van der Waals surface area contributed by atoms with Gasteiger partial charge in [-0.2, -0.15) is 0 Å². The summed E-state index contributed by atoms with van der Waals surface area (Å²) in [4.78, 5) is 0. The van der Waals surface area contributed by atoms with Gasteiger partial charge >= 0.3 is 6.98 Å². The zero-order valence-corrected chi connectivity index (χ0v) is 17.0. The van der Waals surface area contributed by atoms with Crippen LogP contribution in [0.25, 0.3) is 0 Å². The third kappa shape index (κ3) is 5.51. The zero-order valence-electron chi connectivity index (χ0n) is 16.0. The maximum atomic E-state index is 12.2. The van der Waals surface area contributed by atoms with Crippen molar-refractivity contribution in [2.24, 2.45) is 0 Å². The molecule has 0 spiro atoms. The van der Waals surface area contributed by atoms with Crippen molar-refractivity contribution >= 4 is 25.7 Å². The molecule has 0 heterocycles. The highest BCUT2D eigenvalue weighted by atomic mass is 28.4. The Hall–Kier alpha value is -1.97. The van der Waals surface area contributed by atoms with Crippen molar-refractivity contribution in [2.45, 2.75) is 38.7 Å². The summed E-state index contributed by atoms with van der Waals surface area (Å²) in [5.74, 6) is 3.60. The van der Waals surface area contributed by atoms with Gasteiger partial charge in [-0.3, -0.25) is 0 Å². The van der Waals surface area contributed by atoms with Gasteiger partial charge in [0.15, 0.2) is 0 Å². The molecule has 0 N–H and O–H groups in total. The standard InChI is InChI=1S/C21H25BF3OSi/c1-21(2,3)27(19-13-7-4-8-14-19,20-15-9-5-10-16-20)26-18-12-6-11-17-22(23,24)25/h4-5,7-10,13-16H,6,12,18H2,1-3H3/q-1. The fourth-order valence-electron chi connectivity index (χ4n) is 3.34. The van der Waals surface area contributed by atoms with Gasteiger partial charge in [-0.05, 0) is 21.8 Å². The van der Waals surface area contributed by atoms with E-state index in [0.717, 1.165) is 10.4 Å². The van der Waals surface area contributed by atoms with Gasteiger partial charge in [0, 0.05) is 13.0 Å². The molecule has 0 aliphatic rings. The maximum Gasteiger partial charge on any atom is 0.557 e. The topological polar surface area (TPSA) is 9.23 Å². The highest BCUT2D eigenvalue weighted by molar-refractivity contribution is 6.99. The van der Waals surface area contributed by atoms with Crippen LogP contribution in [-0.2, 0) is 4.43 Å². The van der Waals surface area contributed by atoms with Crippen molar-refractivity contribution in [2.75, 3.05) is 6.61 Å². The molecule has 2 aromatic rings. The highest BCUT2D eigenvalue weighted by Crippen LogP contribution is 2.36. The third-order valence-electron chi connectivity index (χ3n) is 4.45. The van der Waals surface area contributed by atoms with Crippen LogP contribution in [0.15, 0.2) is 60.7 Å². The van der Waals surface area contributed by atoms with Crippen molar-refractivity contribution in [3.05, 3.63) is 60.7 Å². The van der Waals surface area contributed by atoms with Crippen LogP contribution in [0, 0.1) is 11.7 Å². The number of unbranched alkanes of at least 4 members (excludes halogenated alkanes) is 1. The van der Waals surface area contributed by atoms with E-state index < -0.39 is 15.3 Å². The van der Waals surface area contributed by atoms with Crippen LogP contribution in [0.3, 0.4) is 0 Å². The van der Waals surface area contributed by atoms with Crippen LogP contribution in [0.5, 0.6) is 0 Å². The number of hydrogen-bond acceptors (Lipinski definition) is 1. The van der Waals surface area contributed by atoms with Crippen molar-refractivity contribution in [3.63, 3.8) is 0 Å². The minimum absolute atomic E-state index is 0.142. The molecule has 0 aliphatic carbocycles. The van der Waals surface area contributed by atoms with E-state index in [2.05, 4.69) is 51.0 Å². The molecule has 0 atom stereocenters. The fraction of sp³-hybridized carbons (Fsp3) is 0.333. The maximum absolute atomic E-state index is 12.2. The smallest absolute Gasteiger partial charge is 0.438 e. The first-order valence-corrected chi connectivity index (χ1v) is 11.0. The van der Waals surface area contributed by atoms with Crippen LogP contribution in [0.4, 0.5) is 12.9 Å². The summed E-state index contributed by atoms with van der Waals surface area (Å²) in [6.07, 6.45) is 0.656. The Kier molecular flexibility index (Phi) is 6.96. The average molecular weight is 389 g/mol. The number of halogens is 3. The summed E-state index contributed by atoms with van der Waals surface area (Å²) < 4.78 is 43.2. The first-order valence-electron chi connectivity index (χ1n) is 9.11. The van der Waals surface area contributed by atoms with Crippen LogP contribution in [0.2, 0.25) is 5.04 Å². The van der Waals surface area contributed by atoms with Crippen LogP contribution in [0.1, 0.15) is 33.6 Å². The Morgan fingerprint density at radius 2 is 1.37 bits per heavy atom. The van der Waals surface area contributed by atoms with E-state index in [1.165, 1.54) is 5.82 Å². The van der Waals surface area contributed by atoms with Crippen molar-refractivity contribution in [1.29, 1.82) is 0 Å². The summed E-state index contributed by atoms with van der Waals surface area (Å²) in [5, 5.41) is 2.18. The van der Waals surface area contributed by atoms with Gasteiger partial charge in [-0.25, -0.2) is 5.82 Å². The molecule has 0 bridgehead atoms. The number of benzene rings is 2. The SMILES string of the molecule is CC(C)(C)[Si](OCCCC#C[B-](F)(F)F)(c1ccccc1)c1ccccc1. The van der Waals surface area contributed by atoms with Gasteiger partial charge in [0.2, 0.25) is 0 Å². The summed E-state index contributed by atoms with van der Waals surface area (Å²) in [6.45, 7) is 1.86. The molecule has 0 aromatic heterocycles. The molecule has 0 saturated heterocycles. The molecule has 2 aromatic carbocycles. The van der Waals surface area contributed by atoms with E-state index >= 15 is 0 Å². The van der Waals surface area contributed by atoms with Gasteiger partial charge < -0.3 is 17.4 Å². The van der Waals surface area contributed by atoms with Crippen LogP contribution < -0.4 is 10.4 Å². The van der Waals surface area contributed by atoms with Crippen molar-refractivity contribution in [1.82, 2.24) is 0 Å². The lowest BCUT2D eigenvalue weighted by molar-refractivity contribution is 0.293. The lowest BCUT2D eigenvalue weighted by Gasteiger charge is -2.43. The second kappa shape index (κ2) is 8.81. The van der Waals surface area contributed by atoms with Crippen molar-refractivity contribution in [3.8, 4) is 11.7 Å². The zero-order chi connectivity index (χ0) is 20.0. The Bertz CT molecular complexity index is 735. The predicted molar refractivity (Wildman–Crippen MR) is 110 cm³/mol. The van der Waals surface area contributed by atoms with Crippen molar-refractivity contribution < 1.29 is 17.4 Å². The van der Waals surface area contributed by atoms with Gasteiger partial charge in [0.05, 0.1) is 0 Å². The lowest BCUT2D eigenvalue weighted by Crippen LogP contribution is -2.66. The number of hydrogen-bond donors (Lipinski definition) is 0. The predicted octanol–water partition coefficient (Wildman–Crippen LogP) is 4.73. The molecule has 2 rings (SSSR count). The van der Waals surface area contributed by atoms with Gasteiger partial charge in [0.1, 0.15) is 0 Å². The summed E-state index contributed by atoms with van der Waals surface area (Å²) in [6, 6.07) is 20.4. The average Bonchev–Trinajstić information content (AvgIpc) is 2.61. The molecular formula is C21H25BF3OSi-. The van der Waals surface area contributed by atoms with E-state index in [-0.39, 0.29) is 11.5 Å². The molecule has 0 radical (unpaired) electrons. The molecule has 0 aliphatic heterocycles. The lowest BCUT2D eigenvalue weighted by atomic mass is 9.94. The summed E-state index contributed by atoms with van der Waals surface area (Å²) in [7, 11) is -2.61. The first-order chi connectivity index (χ1) is 12.7. The minimum Gasteiger partial charge on any atom is -0.438 e. The van der Waals surface area contributed by atoms with Crippen LogP contribution >= 0.6 is 0 Å². The third-order valence-corrected chi connectivity index (χ3v) is 9.49. The van der Waals surface area contributed by atoms with Gasteiger partial charge in [-0.1, -0.05) is 81.4 Å². The Morgan fingerprint density at radius 1 is 0.889 bits per heavy atom. The first kappa shape index (κ1) is 21.3. The van der Waals surface area contributed by atoms with Gasteiger partial charge in [0.25, 0.3) is 8.32 Å². The summed E-state index contributed by atoms with van der Waals surface area (Å²) >= 11 is 0. The molecule has 1 nitrogen and oxygen atoms in total. The second-order valence-electron chi connectivity index (χ2n) is 7.51. The molecule has 27 heavy (non-hydrogen) atoms. The van der Waals surface area contributed by atoms with E-state index in [0.29, 0.717) is 13.0 Å². The van der Waals surface area contributed by atoms with Gasteiger partial charge in [-0.15, -0.1) is 5.92 Å². The summed E-state index contributed by atoms with van der Waals surface area (Å²) in [5.41, 5.74) is 0.